The van der Waals surface area contributed by atoms with Gasteiger partial charge in [-0.2, -0.15) is 0 Å². The number of hydrogen-bond acceptors (Lipinski definition) is 3. The molecule has 1 heterocycles. The van der Waals surface area contributed by atoms with Crippen LogP contribution >= 0.6 is 0 Å². The molecule has 2 rings (SSSR count). The lowest BCUT2D eigenvalue weighted by atomic mass is 10.1. The molecule has 1 amide bonds. The third-order valence-corrected chi connectivity index (χ3v) is 2.67. The van der Waals surface area contributed by atoms with Gasteiger partial charge < -0.3 is 14.7 Å². The summed E-state index contributed by atoms with van der Waals surface area (Å²) < 4.78 is 4.84. The minimum Gasteiger partial charge on any atom is -0.481 e. The van der Waals surface area contributed by atoms with E-state index in [0.717, 1.165) is 5.56 Å². The van der Waals surface area contributed by atoms with E-state index in [1.165, 1.54) is 4.90 Å². The zero-order valence-electron chi connectivity index (χ0n) is 9.20. The minimum absolute atomic E-state index is 0.0422. The van der Waals surface area contributed by atoms with Crippen molar-refractivity contribution in [3.8, 4) is 0 Å². The maximum absolute atomic E-state index is 11.5. The lowest BCUT2D eigenvalue weighted by Gasteiger charge is -2.30. The fraction of sp³-hybridized carbons (Fsp3) is 0.333. The molecule has 1 aromatic rings. The van der Waals surface area contributed by atoms with Crippen LogP contribution in [0.3, 0.4) is 0 Å². The van der Waals surface area contributed by atoms with Crippen molar-refractivity contribution in [2.75, 3.05) is 13.2 Å². The maximum atomic E-state index is 11.5. The second-order valence-corrected chi connectivity index (χ2v) is 3.98. The van der Waals surface area contributed by atoms with Crippen LogP contribution in [0.5, 0.6) is 0 Å². The summed E-state index contributed by atoms with van der Waals surface area (Å²) in [6, 6.07) is 9.41. The van der Waals surface area contributed by atoms with Gasteiger partial charge in [0.05, 0.1) is 0 Å². The first-order valence-electron chi connectivity index (χ1n) is 5.35. The van der Waals surface area contributed by atoms with Gasteiger partial charge in [0.15, 0.2) is 0 Å². The molecule has 1 N–H and O–H groups in total. The number of rotatable bonds is 3. The van der Waals surface area contributed by atoms with Crippen LogP contribution in [-0.4, -0.2) is 35.2 Å². The summed E-state index contributed by atoms with van der Waals surface area (Å²) in [5.74, 6) is -1.58. The molecule has 0 saturated carbocycles. The predicted molar refractivity (Wildman–Crippen MR) is 59.3 cm³/mol. The highest BCUT2D eigenvalue weighted by atomic mass is 16.6. The largest absolute Gasteiger partial charge is 0.481 e. The van der Waals surface area contributed by atoms with E-state index >= 15 is 0 Å². The van der Waals surface area contributed by atoms with Gasteiger partial charge in [-0.25, -0.2) is 4.79 Å². The van der Waals surface area contributed by atoms with Crippen LogP contribution in [0.1, 0.15) is 5.56 Å². The Morgan fingerprint density at radius 1 is 1.41 bits per heavy atom. The Morgan fingerprint density at radius 2 is 2.12 bits per heavy atom. The van der Waals surface area contributed by atoms with Crippen LogP contribution in [-0.2, 0) is 16.1 Å². The number of amides is 1. The number of carboxylic acids is 1. The van der Waals surface area contributed by atoms with E-state index in [2.05, 4.69) is 0 Å². The number of carbonyl (C=O) groups excluding carboxylic acids is 1. The molecule has 1 aliphatic rings. The summed E-state index contributed by atoms with van der Waals surface area (Å²) in [5, 5.41) is 8.89. The molecule has 5 heteroatoms. The average Bonchev–Trinajstić information content (AvgIpc) is 2.33. The Kier molecular flexibility index (Phi) is 3.27. The van der Waals surface area contributed by atoms with Crippen molar-refractivity contribution < 1.29 is 19.4 Å². The van der Waals surface area contributed by atoms with Gasteiger partial charge in [0.25, 0.3) is 0 Å². The summed E-state index contributed by atoms with van der Waals surface area (Å²) in [7, 11) is 0. The Hall–Kier alpha value is -2.04. The van der Waals surface area contributed by atoms with E-state index in [9.17, 15) is 9.59 Å². The summed E-state index contributed by atoms with van der Waals surface area (Å²) >= 11 is 0. The highest BCUT2D eigenvalue weighted by molar-refractivity contribution is 5.75. The molecule has 5 nitrogen and oxygen atoms in total. The van der Waals surface area contributed by atoms with E-state index in [1.54, 1.807) is 0 Å². The summed E-state index contributed by atoms with van der Waals surface area (Å²) in [6.07, 6.45) is -0.452. The first kappa shape index (κ1) is 11.4. The van der Waals surface area contributed by atoms with Crippen LogP contribution in [0, 0.1) is 5.92 Å². The molecule has 0 radical (unpaired) electrons. The Bertz CT molecular complexity index is 418. The first-order valence-corrected chi connectivity index (χ1v) is 5.35. The number of aliphatic carboxylic acids is 1. The van der Waals surface area contributed by atoms with E-state index in [0.29, 0.717) is 6.54 Å². The second kappa shape index (κ2) is 4.86. The topological polar surface area (TPSA) is 66.8 Å². The third kappa shape index (κ3) is 2.75. The summed E-state index contributed by atoms with van der Waals surface area (Å²) in [5.41, 5.74) is 0.954. The van der Waals surface area contributed by atoms with Gasteiger partial charge in [0.2, 0.25) is 0 Å². The molecular weight excluding hydrogens is 222 g/mol. The number of nitrogens with zero attached hydrogens (tertiary/aromatic N) is 1. The molecule has 1 unspecified atom stereocenters. The van der Waals surface area contributed by atoms with E-state index in [4.69, 9.17) is 9.84 Å². The molecule has 1 saturated heterocycles. The van der Waals surface area contributed by atoms with Crippen molar-refractivity contribution in [2.45, 2.75) is 6.54 Å². The summed E-state index contributed by atoms with van der Waals surface area (Å²) in [4.78, 5) is 23.7. The fourth-order valence-corrected chi connectivity index (χ4v) is 1.74. The normalized spacial score (nSPS) is 19.9. The number of ether oxygens (including phenoxy) is 1. The average molecular weight is 235 g/mol. The van der Waals surface area contributed by atoms with E-state index in [-0.39, 0.29) is 13.2 Å². The van der Waals surface area contributed by atoms with Gasteiger partial charge >= 0.3 is 12.1 Å². The fourth-order valence-electron chi connectivity index (χ4n) is 1.74. The number of cyclic esters (lactones) is 1. The smallest absolute Gasteiger partial charge is 0.410 e. The van der Waals surface area contributed by atoms with Gasteiger partial charge in [-0.3, -0.25) is 4.79 Å². The first-order chi connectivity index (χ1) is 8.16. The molecule has 1 fully saturated rings. The number of carbonyl (C=O) groups is 2. The van der Waals surface area contributed by atoms with Gasteiger partial charge in [-0.05, 0) is 5.56 Å². The van der Waals surface area contributed by atoms with Crippen LogP contribution < -0.4 is 0 Å². The van der Waals surface area contributed by atoms with Gasteiger partial charge in [-0.15, -0.1) is 0 Å². The standard InChI is InChI=1S/C12H13NO4/c14-11(15)10-7-13(12(16)17-8-10)6-9-4-2-1-3-5-9/h1-5,10H,6-8H2,(H,14,15). The third-order valence-electron chi connectivity index (χ3n) is 2.67. The zero-order chi connectivity index (χ0) is 12.3. The van der Waals surface area contributed by atoms with Crippen molar-refractivity contribution in [1.29, 1.82) is 0 Å². The molecule has 0 aromatic heterocycles. The van der Waals surface area contributed by atoms with Gasteiger partial charge in [-0.1, -0.05) is 30.3 Å². The molecule has 90 valence electrons. The molecule has 1 aliphatic heterocycles. The number of carboxylic acid groups (broad SMARTS) is 1. The Balaban J connectivity index is 2.04. The van der Waals surface area contributed by atoms with Crippen molar-refractivity contribution in [2.24, 2.45) is 5.92 Å². The molecule has 0 bridgehead atoms. The Morgan fingerprint density at radius 3 is 2.76 bits per heavy atom. The molecular formula is C12H13NO4. The second-order valence-electron chi connectivity index (χ2n) is 3.98. The number of hydrogen-bond donors (Lipinski definition) is 1. The predicted octanol–water partition coefficient (Wildman–Crippen LogP) is 1.34. The molecule has 0 spiro atoms. The van der Waals surface area contributed by atoms with Crippen LogP contribution in [0.4, 0.5) is 4.79 Å². The van der Waals surface area contributed by atoms with E-state index in [1.807, 2.05) is 30.3 Å². The lowest BCUT2D eigenvalue weighted by molar-refractivity contribution is -0.145. The zero-order valence-corrected chi connectivity index (χ0v) is 9.20. The van der Waals surface area contributed by atoms with Crippen LogP contribution in [0.2, 0.25) is 0 Å². The Labute approximate surface area is 98.6 Å². The van der Waals surface area contributed by atoms with Crippen molar-refractivity contribution in [1.82, 2.24) is 4.90 Å². The van der Waals surface area contributed by atoms with Crippen LogP contribution in [0.15, 0.2) is 30.3 Å². The summed E-state index contributed by atoms with van der Waals surface area (Å²) in [6.45, 7) is 0.534. The SMILES string of the molecule is O=C(O)C1COC(=O)N(Cc2ccccc2)C1. The van der Waals surface area contributed by atoms with Gasteiger partial charge in [0, 0.05) is 13.1 Å². The monoisotopic (exact) mass is 235 g/mol. The minimum atomic E-state index is -0.935. The van der Waals surface area contributed by atoms with Crippen molar-refractivity contribution in [3.05, 3.63) is 35.9 Å². The lowest BCUT2D eigenvalue weighted by Crippen LogP contribution is -2.45. The quantitative estimate of drug-likeness (QED) is 0.858. The highest BCUT2D eigenvalue weighted by Crippen LogP contribution is 2.14. The van der Waals surface area contributed by atoms with E-state index < -0.39 is 18.0 Å². The number of benzene rings is 1. The molecule has 1 atom stereocenters. The van der Waals surface area contributed by atoms with Crippen molar-refractivity contribution >= 4 is 12.1 Å². The van der Waals surface area contributed by atoms with Crippen molar-refractivity contribution in [3.63, 3.8) is 0 Å². The highest BCUT2D eigenvalue weighted by Gasteiger charge is 2.31. The van der Waals surface area contributed by atoms with Crippen LogP contribution in [0.25, 0.3) is 0 Å². The molecule has 0 aliphatic carbocycles. The van der Waals surface area contributed by atoms with Gasteiger partial charge in [0.1, 0.15) is 12.5 Å². The molecule has 17 heavy (non-hydrogen) atoms. The maximum Gasteiger partial charge on any atom is 0.410 e. The molecule has 1 aromatic carbocycles.